The standard InChI is InChI=1S/C18H13N5/c1-2-12-23-16(3-1)17(21-13-14-4-8-19-9-5-14)22-18(23)15-6-10-20-11-7-15/h1-13H/b21-13+. The van der Waals surface area contributed by atoms with Crippen molar-refractivity contribution in [3.63, 3.8) is 0 Å². The molecule has 4 aromatic rings. The molecule has 0 radical (unpaired) electrons. The summed E-state index contributed by atoms with van der Waals surface area (Å²) in [5, 5.41) is 0. The lowest BCUT2D eigenvalue weighted by Gasteiger charge is -1.99. The van der Waals surface area contributed by atoms with Gasteiger partial charge in [-0.2, -0.15) is 0 Å². The normalized spacial score (nSPS) is 11.3. The van der Waals surface area contributed by atoms with E-state index >= 15 is 0 Å². The number of pyridine rings is 3. The molecule has 0 aliphatic rings. The lowest BCUT2D eigenvalue weighted by molar-refractivity contribution is 1.16. The van der Waals surface area contributed by atoms with Gasteiger partial charge in [0.05, 0.1) is 5.52 Å². The van der Waals surface area contributed by atoms with Crippen molar-refractivity contribution in [2.45, 2.75) is 0 Å². The maximum atomic E-state index is 4.70. The topological polar surface area (TPSA) is 55.4 Å². The predicted octanol–water partition coefficient (Wildman–Crippen LogP) is 3.54. The summed E-state index contributed by atoms with van der Waals surface area (Å²) < 4.78 is 2.04. The van der Waals surface area contributed by atoms with Gasteiger partial charge < -0.3 is 0 Å². The number of hydrogen-bond donors (Lipinski definition) is 0. The van der Waals surface area contributed by atoms with Gasteiger partial charge in [0.2, 0.25) is 0 Å². The molecular formula is C18H13N5. The Morgan fingerprint density at radius 1 is 0.870 bits per heavy atom. The fourth-order valence-electron chi connectivity index (χ4n) is 2.41. The zero-order valence-electron chi connectivity index (χ0n) is 12.2. The molecule has 4 heterocycles. The van der Waals surface area contributed by atoms with Crippen molar-refractivity contribution in [3.05, 3.63) is 79.0 Å². The van der Waals surface area contributed by atoms with E-state index in [1.54, 1.807) is 31.0 Å². The number of hydrogen-bond acceptors (Lipinski definition) is 4. The van der Waals surface area contributed by atoms with Crippen LogP contribution in [0.1, 0.15) is 5.56 Å². The summed E-state index contributed by atoms with van der Waals surface area (Å²) in [5.41, 5.74) is 2.96. The highest BCUT2D eigenvalue weighted by Crippen LogP contribution is 2.27. The first-order valence-corrected chi connectivity index (χ1v) is 7.23. The minimum absolute atomic E-state index is 0.689. The van der Waals surface area contributed by atoms with Gasteiger partial charge in [-0.05, 0) is 42.0 Å². The Labute approximate surface area is 133 Å². The number of imidazole rings is 1. The Bertz CT molecular complexity index is 959. The first kappa shape index (κ1) is 13.3. The monoisotopic (exact) mass is 299 g/mol. The Kier molecular flexibility index (Phi) is 3.37. The molecule has 4 aromatic heterocycles. The van der Waals surface area contributed by atoms with Crippen LogP contribution in [-0.2, 0) is 0 Å². The highest BCUT2D eigenvalue weighted by Gasteiger charge is 2.11. The molecular weight excluding hydrogens is 286 g/mol. The van der Waals surface area contributed by atoms with Gasteiger partial charge in [-0.25, -0.2) is 9.98 Å². The summed E-state index contributed by atoms with van der Waals surface area (Å²) in [5.74, 6) is 1.54. The lowest BCUT2D eigenvalue weighted by atomic mass is 10.2. The minimum Gasteiger partial charge on any atom is -0.298 e. The van der Waals surface area contributed by atoms with E-state index in [0.717, 1.165) is 22.5 Å². The molecule has 110 valence electrons. The van der Waals surface area contributed by atoms with Crippen molar-refractivity contribution in [2.75, 3.05) is 0 Å². The molecule has 0 amide bonds. The average molecular weight is 299 g/mol. The smallest absolute Gasteiger partial charge is 0.178 e. The summed E-state index contributed by atoms with van der Waals surface area (Å²) in [4.78, 5) is 17.3. The maximum absolute atomic E-state index is 4.70. The van der Waals surface area contributed by atoms with Gasteiger partial charge >= 0.3 is 0 Å². The molecule has 0 saturated heterocycles. The first-order valence-electron chi connectivity index (χ1n) is 7.23. The van der Waals surface area contributed by atoms with Gasteiger partial charge in [0, 0.05) is 42.8 Å². The van der Waals surface area contributed by atoms with Gasteiger partial charge in [0.25, 0.3) is 0 Å². The molecule has 0 aliphatic carbocycles. The van der Waals surface area contributed by atoms with E-state index < -0.39 is 0 Å². The van der Waals surface area contributed by atoms with Crippen LogP contribution in [-0.4, -0.2) is 25.6 Å². The molecule has 5 heteroatoms. The van der Waals surface area contributed by atoms with E-state index in [4.69, 9.17) is 4.98 Å². The molecule has 5 nitrogen and oxygen atoms in total. The van der Waals surface area contributed by atoms with Gasteiger partial charge in [0.1, 0.15) is 5.82 Å². The zero-order chi connectivity index (χ0) is 15.5. The van der Waals surface area contributed by atoms with Crippen LogP contribution >= 0.6 is 0 Å². The van der Waals surface area contributed by atoms with Gasteiger partial charge in [0.15, 0.2) is 5.82 Å². The van der Waals surface area contributed by atoms with Crippen LogP contribution in [0.25, 0.3) is 16.9 Å². The van der Waals surface area contributed by atoms with E-state index in [1.165, 1.54) is 0 Å². The molecule has 0 spiro atoms. The molecule has 0 fully saturated rings. The zero-order valence-corrected chi connectivity index (χ0v) is 12.2. The molecule has 0 aromatic carbocycles. The second-order valence-corrected chi connectivity index (χ2v) is 4.99. The van der Waals surface area contributed by atoms with Crippen molar-refractivity contribution in [2.24, 2.45) is 4.99 Å². The van der Waals surface area contributed by atoms with Gasteiger partial charge in [-0.1, -0.05) is 6.07 Å². The van der Waals surface area contributed by atoms with Crippen LogP contribution in [0.4, 0.5) is 5.82 Å². The SMILES string of the molecule is C(=N\c1nc(-c2ccncc2)n2ccccc12)/c1ccncc1. The minimum atomic E-state index is 0.689. The Morgan fingerprint density at radius 3 is 2.39 bits per heavy atom. The van der Waals surface area contributed by atoms with Crippen molar-refractivity contribution < 1.29 is 0 Å². The van der Waals surface area contributed by atoms with Crippen LogP contribution in [0.3, 0.4) is 0 Å². The van der Waals surface area contributed by atoms with Gasteiger partial charge in [-0.15, -0.1) is 0 Å². The largest absolute Gasteiger partial charge is 0.298 e. The highest BCUT2D eigenvalue weighted by atomic mass is 15.1. The van der Waals surface area contributed by atoms with Crippen LogP contribution in [0.5, 0.6) is 0 Å². The maximum Gasteiger partial charge on any atom is 0.178 e. The highest BCUT2D eigenvalue weighted by molar-refractivity contribution is 5.84. The second-order valence-electron chi connectivity index (χ2n) is 4.99. The quantitative estimate of drug-likeness (QED) is 0.544. The lowest BCUT2D eigenvalue weighted by Crippen LogP contribution is -1.88. The number of fused-ring (bicyclic) bond motifs is 1. The molecule has 0 atom stereocenters. The molecule has 23 heavy (non-hydrogen) atoms. The van der Waals surface area contributed by atoms with Crippen LogP contribution in [0, 0.1) is 0 Å². The third-order valence-electron chi connectivity index (χ3n) is 3.51. The number of aromatic nitrogens is 4. The molecule has 0 saturated carbocycles. The van der Waals surface area contributed by atoms with E-state index in [0.29, 0.717) is 5.82 Å². The van der Waals surface area contributed by atoms with E-state index in [-0.39, 0.29) is 0 Å². The molecule has 0 N–H and O–H groups in total. The van der Waals surface area contributed by atoms with Crippen molar-refractivity contribution in [1.82, 2.24) is 19.4 Å². The van der Waals surface area contributed by atoms with Crippen molar-refractivity contribution >= 4 is 17.5 Å². The van der Waals surface area contributed by atoms with Crippen molar-refractivity contribution in [3.8, 4) is 11.4 Å². The Balaban J connectivity index is 1.83. The van der Waals surface area contributed by atoms with Crippen molar-refractivity contribution in [1.29, 1.82) is 0 Å². The Morgan fingerprint density at radius 2 is 1.61 bits per heavy atom. The third kappa shape index (κ3) is 2.60. The summed E-state index contributed by atoms with van der Waals surface area (Å²) in [6, 6.07) is 13.7. The number of nitrogens with zero attached hydrogens (tertiary/aromatic N) is 5. The fraction of sp³-hybridized carbons (Fsp3) is 0. The molecule has 4 rings (SSSR count). The predicted molar refractivity (Wildman–Crippen MR) is 89.9 cm³/mol. The second kappa shape index (κ2) is 5.81. The van der Waals surface area contributed by atoms with Gasteiger partial charge in [-0.3, -0.25) is 14.4 Å². The molecule has 0 unspecified atom stereocenters. The molecule has 0 bridgehead atoms. The fourth-order valence-corrected chi connectivity index (χ4v) is 2.41. The summed E-state index contributed by atoms with van der Waals surface area (Å²) >= 11 is 0. The average Bonchev–Trinajstić information content (AvgIpc) is 3.01. The van der Waals surface area contributed by atoms with E-state index in [9.17, 15) is 0 Å². The Hall–Kier alpha value is -3.34. The van der Waals surface area contributed by atoms with Crippen LogP contribution in [0.15, 0.2) is 78.4 Å². The first-order chi connectivity index (χ1) is 11.4. The molecule has 0 aliphatic heterocycles. The number of aliphatic imine (C=N–C) groups is 1. The summed E-state index contributed by atoms with van der Waals surface area (Å²) in [7, 11) is 0. The van der Waals surface area contributed by atoms with E-state index in [1.807, 2.05) is 53.1 Å². The number of rotatable bonds is 3. The van der Waals surface area contributed by atoms with Crippen LogP contribution in [0.2, 0.25) is 0 Å². The summed E-state index contributed by atoms with van der Waals surface area (Å²) in [6.45, 7) is 0. The van der Waals surface area contributed by atoms with E-state index in [2.05, 4.69) is 15.0 Å². The third-order valence-corrected chi connectivity index (χ3v) is 3.51. The summed E-state index contributed by atoms with van der Waals surface area (Å²) in [6.07, 6.45) is 10.8. The van der Waals surface area contributed by atoms with Crippen LogP contribution < -0.4 is 0 Å².